The minimum Gasteiger partial charge on any atom is -0.392 e. The fourth-order valence-electron chi connectivity index (χ4n) is 0.619. The predicted octanol–water partition coefficient (Wildman–Crippen LogP) is 1.05. The zero-order valence-electron chi connectivity index (χ0n) is 7.20. The standard InChI is InChI=1S/C8H7NO/c9-5-7-1-3-8(6-10)4-2-7/h1-4,10H,6H2/i6D2. The van der Waals surface area contributed by atoms with Gasteiger partial charge in [0.2, 0.25) is 0 Å². The molecule has 0 aliphatic carbocycles. The van der Waals surface area contributed by atoms with Crippen LogP contribution in [0.4, 0.5) is 0 Å². The second-order valence-electron chi connectivity index (χ2n) is 1.80. The molecule has 0 unspecified atom stereocenters. The molecule has 0 aromatic heterocycles. The molecule has 0 saturated carbocycles. The Morgan fingerprint density at radius 2 is 2.10 bits per heavy atom. The molecule has 1 rings (SSSR count). The van der Waals surface area contributed by atoms with E-state index < -0.39 is 6.56 Å². The third kappa shape index (κ3) is 1.34. The Hall–Kier alpha value is -1.33. The highest BCUT2D eigenvalue weighted by molar-refractivity contribution is 5.31. The number of hydrogen-bond acceptors (Lipinski definition) is 2. The quantitative estimate of drug-likeness (QED) is 0.625. The topological polar surface area (TPSA) is 44.0 Å². The summed E-state index contributed by atoms with van der Waals surface area (Å²) in [6.07, 6.45) is 0. The Morgan fingerprint density at radius 1 is 1.50 bits per heavy atom. The molecular weight excluding hydrogens is 126 g/mol. The van der Waals surface area contributed by atoms with Gasteiger partial charge in [0, 0.05) is 0 Å². The van der Waals surface area contributed by atoms with Crippen LogP contribution in [0, 0.1) is 11.3 Å². The first-order chi connectivity index (χ1) is 5.54. The molecule has 0 spiro atoms. The minimum absolute atomic E-state index is 0.154. The van der Waals surface area contributed by atoms with Crippen LogP contribution in [-0.2, 0) is 6.56 Å². The van der Waals surface area contributed by atoms with Crippen molar-refractivity contribution in [2.24, 2.45) is 0 Å². The van der Waals surface area contributed by atoms with Gasteiger partial charge in [-0.3, -0.25) is 0 Å². The maximum Gasteiger partial charge on any atom is 0.0991 e. The Labute approximate surface area is 62.2 Å². The van der Waals surface area contributed by atoms with Crippen LogP contribution < -0.4 is 0 Å². The normalized spacial score (nSPS) is 13.2. The summed E-state index contributed by atoms with van der Waals surface area (Å²) in [6, 6.07) is 7.60. The van der Waals surface area contributed by atoms with Crippen molar-refractivity contribution in [3.8, 4) is 6.07 Å². The van der Waals surface area contributed by atoms with E-state index in [4.69, 9.17) is 13.1 Å². The lowest BCUT2D eigenvalue weighted by molar-refractivity contribution is 0.282. The molecule has 1 aromatic carbocycles. The largest absolute Gasteiger partial charge is 0.392 e. The molecular formula is C8H7NO. The highest BCUT2D eigenvalue weighted by Gasteiger charge is 1.89. The molecule has 2 nitrogen and oxygen atoms in total. The van der Waals surface area contributed by atoms with E-state index >= 15 is 0 Å². The first kappa shape index (κ1) is 4.48. The zero-order valence-corrected chi connectivity index (χ0v) is 5.20. The molecule has 0 bridgehead atoms. The fraction of sp³-hybridized carbons (Fsp3) is 0.125. The summed E-state index contributed by atoms with van der Waals surface area (Å²) in [5.74, 6) is 0. The van der Waals surface area contributed by atoms with Gasteiger partial charge in [-0.2, -0.15) is 5.26 Å². The van der Waals surface area contributed by atoms with E-state index in [1.54, 1.807) is 0 Å². The van der Waals surface area contributed by atoms with Gasteiger partial charge >= 0.3 is 0 Å². The SMILES string of the molecule is [2H]C([2H])(O)c1ccc(C#N)cc1. The summed E-state index contributed by atoms with van der Waals surface area (Å²) in [6.45, 7) is -2.33. The highest BCUT2D eigenvalue weighted by Crippen LogP contribution is 2.01. The molecule has 0 amide bonds. The third-order valence-electron chi connectivity index (χ3n) is 1.14. The Kier molecular flexibility index (Phi) is 1.34. The van der Waals surface area contributed by atoms with Gasteiger partial charge in [0.05, 0.1) is 20.9 Å². The number of nitriles is 1. The Balaban J connectivity index is 3.02. The summed E-state index contributed by atoms with van der Waals surface area (Å²) >= 11 is 0. The number of aliphatic hydroxyl groups is 1. The van der Waals surface area contributed by atoms with E-state index in [0.717, 1.165) is 0 Å². The summed E-state index contributed by atoms with van der Waals surface area (Å²) in [5, 5.41) is 17.3. The molecule has 0 fully saturated rings. The lowest BCUT2D eigenvalue weighted by Gasteiger charge is -1.92. The van der Waals surface area contributed by atoms with Crippen LogP contribution in [0.3, 0.4) is 0 Å². The van der Waals surface area contributed by atoms with Gasteiger partial charge in [0.25, 0.3) is 0 Å². The maximum absolute atomic E-state index is 8.90. The van der Waals surface area contributed by atoms with Crippen molar-refractivity contribution in [3.05, 3.63) is 35.4 Å². The van der Waals surface area contributed by atoms with Crippen LogP contribution >= 0.6 is 0 Å². The number of rotatable bonds is 1. The van der Waals surface area contributed by atoms with E-state index in [1.165, 1.54) is 24.3 Å². The summed E-state index contributed by atoms with van der Waals surface area (Å²) in [5.41, 5.74) is 0.601. The van der Waals surface area contributed by atoms with Crippen LogP contribution in [0.15, 0.2) is 24.3 Å². The van der Waals surface area contributed by atoms with Crippen molar-refractivity contribution in [1.82, 2.24) is 0 Å². The molecule has 2 heteroatoms. The molecule has 0 aliphatic heterocycles. The fourth-order valence-corrected chi connectivity index (χ4v) is 0.619. The molecule has 10 heavy (non-hydrogen) atoms. The minimum atomic E-state index is -2.33. The van der Waals surface area contributed by atoms with E-state index in [1.807, 2.05) is 6.07 Å². The van der Waals surface area contributed by atoms with Crippen LogP contribution in [0.25, 0.3) is 0 Å². The Bertz CT molecular complexity index is 307. The van der Waals surface area contributed by atoms with E-state index in [2.05, 4.69) is 0 Å². The van der Waals surface area contributed by atoms with Crippen molar-refractivity contribution in [3.63, 3.8) is 0 Å². The van der Waals surface area contributed by atoms with Crippen LogP contribution in [-0.4, -0.2) is 5.11 Å². The maximum atomic E-state index is 8.90. The number of hydrogen-bond donors (Lipinski definition) is 1. The predicted molar refractivity (Wildman–Crippen MR) is 37.1 cm³/mol. The van der Waals surface area contributed by atoms with Gasteiger partial charge in [-0.25, -0.2) is 0 Å². The number of benzene rings is 1. The molecule has 1 aromatic rings. The van der Waals surface area contributed by atoms with Gasteiger partial charge in [0.1, 0.15) is 0 Å². The molecule has 0 saturated heterocycles. The molecule has 50 valence electrons. The third-order valence-corrected chi connectivity index (χ3v) is 1.14. The van der Waals surface area contributed by atoms with Gasteiger partial charge in [-0.15, -0.1) is 0 Å². The Morgan fingerprint density at radius 3 is 2.50 bits per heavy atom. The summed E-state index contributed by atoms with van der Waals surface area (Å²) in [4.78, 5) is 0. The average Bonchev–Trinajstić information content (AvgIpc) is 2.03. The second-order valence-corrected chi connectivity index (χ2v) is 1.80. The van der Waals surface area contributed by atoms with Crippen LogP contribution in [0.5, 0.6) is 0 Å². The van der Waals surface area contributed by atoms with Crippen LogP contribution in [0.2, 0.25) is 0 Å². The first-order valence-corrected chi connectivity index (χ1v) is 2.77. The van der Waals surface area contributed by atoms with Crippen molar-refractivity contribution in [2.75, 3.05) is 0 Å². The summed E-state index contributed by atoms with van der Waals surface area (Å²) in [7, 11) is 0. The molecule has 0 aliphatic rings. The lowest BCUT2D eigenvalue weighted by atomic mass is 10.2. The van der Waals surface area contributed by atoms with Crippen molar-refractivity contribution < 1.29 is 7.85 Å². The average molecular weight is 135 g/mol. The van der Waals surface area contributed by atoms with Crippen molar-refractivity contribution in [2.45, 2.75) is 6.56 Å². The monoisotopic (exact) mass is 135 g/mol. The van der Waals surface area contributed by atoms with Gasteiger partial charge in [-0.05, 0) is 17.7 Å². The van der Waals surface area contributed by atoms with Gasteiger partial charge in [-0.1, -0.05) is 12.1 Å². The molecule has 0 atom stereocenters. The van der Waals surface area contributed by atoms with Gasteiger partial charge < -0.3 is 5.11 Å². The smallest absolute Gasteiger partial charge is 0.0991 e. The van der Waals surface area contributed by atoms with E-state index in [9.17, 15) is 0 Å². The molecule has 0 radical (unpaired) electrons. The number of nitrogens with zero attached hydrogens (tertiary/aromatic N) is 1. The zero-order chi connectivity index (χ0) is 9.19. The van der Waals surface area contributed by atoms with Crippen molar-refractivity contribution >= 4 is 0 Å². The molecule has 0 heterocycles. The lowest BCUT2D eigenvalue weighted by Crippen LogP contribution is -1.81. The molecule has 1 N–H and O–H groups in total. The highest BCUT2D eigenvalue weighted by atomic mass is 16.3. The van der Waals surface area contributed by atoms with Crippen LogP contribution in [0.1, 0.15) is 13.9 Å². The second kappa shape index (κ2) is 3.00. The summed E-state index contributed by atoms with van der Waals surface area (Å²) < 4.78 is 13.9. The van der Waals surface area contributed by atoms with Gasteiger partial charge in [0.15, 0.2) is 0 Å². The van der Waals surface area contributed by atoms with Crippen molar-refractivity contribution in [1.29, 1.82) is 5.26 Å². The van der Waals surface area contributed by atoms with E-state index in [0.29, 0.717) is 5.56 Å². The first-order valence-electron chi connectivity index (χ1n) is 3.77. The van der Waals surface area contributed by atoms with E-state index in [-0.39, 0.29) is 5.56 Å².